The van der Waals surface area contributed by atoms with Gasteiger partial charge in [0, 0.05) is 30.7 Å². The zero-order chi connectivity index (χ0) is 16.4. The molecule has 3 N–H and O–H groups in total. The van der Waals surface area contributed by atoms with Crippen molar-refractivity contribution in [2.45, 2.75) is 82.7 Å². The Bertz CT molecular complexity index is 565. The van der Waals surface area contributed by atoms with Crippen molar-refractivity contribution in [3.8, 4) is 0 Å². The molecule has 1 aliphatic heterocycles. The van der Waals surface area contributed by atoms with E-state index in [1.165, 1.54) is 62.0 Å². The molecule has 2 aliphatic carbocycles. The lowest BCUT2D eigenvalue weighted by atomic mass is 9.91. The first kappa shape index (κ1) is 16.1. The van der Waals surface area contributed by atoms with Crippen molar-refractivity contribution in [2.24, 2.45) is 5.73 Å². The highest BCUT2D eigenvalue weighted by molar-refractivity contribution is 5.54. The monoisotopic (exact) mass is 329 g/mol. The predicted octanol–water partition coefficient (Wildman–Crippen LogP) is 3.03. The number of rotatable bonds is 3. The second-order valence-electron chi connectivity index (χ2n) is 7.75. The van der Waals surface area contributed by atoms with Gasteiger partial charge >= 0.3 is 0 Å². The lowest BCUT2D eigenvalue weighted by molar-refractivity contribution is 0.402. The number of nitrogens with one attached hydrogen (secondary N) is 1. The standard InChI is InChI=1S/C19H31N5/c20-15-9-3-4-10-17(15)22-19-21-16-11-7-8-14(16)18(23-19)24-12-5-1-2-6-13-24/h15,17H,1-13,20H2,(H,21,22,23). The molecule has 0 aromatic carbocycles. The van der Waals surface area contributed by atoms with Gasteiger partial charge in [0.05, 0.1) is 5.69 Å². The number of aryl methyl sites for hydroxylation is 1. The number of fused-ring (bicyclic) bond motifs is 1. The minimum atomic E-state index is 0.234. The number of anilines is 2. The fourth-order valence-electron chi connectivity index (χ4n) is 4.53. The number of aromatic nitrogens is 2. The Hall–Kier alpha value is -1.36. The summed E-state index contributed by atoms with van der Waals surface area (Å²) in [5, 5.41) is 3.58. The van der Waals surface area contributed by atoms with Gasteiger partial charge < -0.3 is 16.0 Å². The van der Waals surface area contributed by atoms with E-state index in [1.54, 1.807) is 0 Å². The Balaban J connectivity index is 1.59. The average Bonchev–Trinajstić information content (AvgIpc) is 2.89. The van der Waals surface area contributed by atoms with E-state index in [1.807, 2.05) is 0 Å². The minimum Gasteiger partial charge on any atom is -0.356 e. The van der Waals surface area contributed by atoms with Crippen LogP contribution < -0.4 is 16.0 Å². The quantitative estimate of drug-likeness (QED) is 0.892. The molecule has 0 radical (unpaired) electrons. The minimum absolute atomic E-state index is 0.234. The van der Waals surface area contributed by atoms with Crippen molar-refractivity contribution in [1.29, 1.82) is 0 Å². The van der Waals surface area contributed by atoms with Gasteiger partial charge in [-0.25, -0.2) is 4.98 Å². The molecule has 0 amide bonds. The highest BCUT2D eigenvalue weighted by Crippen LogP contribution is 2.32. The Morgan fingerprint density at radius 3 is 2.46 bits per heavy atom. The van der Waals surface area contributed by atoms with E-state index < -0.39 is 0 Å². The summed E-state index contributed by atoms with van der Waals surface area (Å²) in [6.45, 7) is 2.29. The van der Waals surface area contributed by atoms with E-state index in [2.05, 4.69) is 10.2 Å². The summed E-state index contributed by atoms with van der Waals surface area (Å²) >= 11 is 0. The molecule has 1 aromatic rings. The molecule has 5 heteroatoms. The summed E-state index contributed by atoms with van der Waals surface area (Å²) in [6, 6.07) is 0.562. The van der Waals surface area contributed by atoms with E-state index in [4.69, 9.17) is 15.7 Å². The smallest absolute Gasteiger partial charge is 0.225 e. The molecule has 3 aliphatic rings. The maximum absolute atomic E-state index is 6.31. The first-order valence-electron chi connectivity index (χ1n) is 9.98. The maximum Gasteiger partial charge on any atom is 0.225 e. The first-order valence-corrected chi connectivity index (χ1v) is 9.98. The topological polar surface area (TPSA) is 67.1 Å². The van der Waals surface area contributed by atoms with Crippen LogP contribution in [0.15, 0.2) is 0 Å². The van der Waals surface area contributed by atoms with Crippen LogP contribution in [0.4, 0.5) is 11.8 Å². The van der Waals surface area contributed by atoms with Crippen molar-refractivity contribution in [3.63, 3.8) is 0 Å². The summed E-state index contributed by atoms with van der Waals surface area (Å²) < 4.78 is 0. The van der Waals surface area contributed by atoms with Crippen LogP contribution in [0.3, 0.4) is 0 Å². The van der Waals surface area contributed by atoms with Gasteiger partial charge in [-0.15, -0.1) is 0 Å². The summed E-state index contributed by atoms with van der Waals surface area (Å²) in [6.07, 6.45) is 13.5. The van der Waals surface area contributed by atoms with Gasteiger partial charge in [-0.1, -0.05) is 25.7 Å². The van der Waals surface area contributed by atoms with E-state index >= 15 is 0 Å². The maximum atomic E-state index is 6.31. The van der Waals surface area contributed by atoms with Crippen LogP contribution in [0.1, 0.15) is 69.0 Å². The summed E-state index contributed by atoms with van der Waals surface area (Å²) in [7, 11) is 0. The molecule has 2 atom stereocenters. The van der Waals surface area contributed by atoms with Crippen molar-refractivity contribution < 1.29 is 0 Å². The zero-order valence-corrected chi connectivity index (χ0v) is 14.8. The van der Waals surface area contributed by atoms with Gasteiger partial charge in [0.2, 0.25) is 5.95 Å². The molecule has 0 spiro atoms. The number of hydrogen-bond acceptors (Lipinski definition) is 5. The lowest BCUT2D eigenvalue weighted by Crippen LogP contribution is -2.43. The molecular weight excluding hydrogens is 298 g/mol. The molecule has 2 unspecified atom stereocenters. The molecule has 2 heterocycles. The third-order valence-corrected chi connectivity index (χ3v) is 5.95. The fourth-order valence-corrected chi connectivity index (χ4v) is 4.53. The molecule has 5 nitrogen and oxygen atoms in total. The first-order chi connectivity index (χ1) is 11.8. The van der Waals surface area contributed by atoms with Crippen molar-refractivity contribution in [3.05, 3.63) is 11.3 Å². The molecule has 1 saturated heterocycles. The Morgan fingerprint density at radius 2 is 1.67 bits per heavy atom. The number of nitrogens with zero attached hydrogens (tertiary/aromatic N) is 3. The molecule has 4 rings (SSSR count). The van der Waals surface area contributed by atoms with Gasteiger partial charge in [0.25, 0.3) is 0 Å². The third kappa shape index (κ3) is 3.37. The van der Waals surface area contributed by atoms with Crippen molar-refractivity contribution in [1.82, 2.24) is 9.97 Å². The largest absolute Gasteiger partial charge is 0.356 e. The molecule has 132 valence electrons. The molecule has 24 heavy (non-hydrogen) atoms. The van der Waals surface area contributed by atoms with Gasteiger partial charge in [-0.3, -0.25) is 0 Å². The zero-order valence-electron chi connectivity index (χ0n) is 14.8. The Morgan fingerprint density at radius 1 is 0.875 bits per heavy atom. The molecular formula is C19H31N5. The second kappa shape index (κ2) is 7.26. The number of hydrogen-bond donors (Lipinski definition) is 2. The Kier molecular flexibility index (Phi) is 4.88. The molecule has 1 saturated carbocycles. The van der Waals surface area contributed by atoms with Crippen LogP contribution in [0.5, 0.6) is 0 Å². The highest BCUT2D eigenvalue weighted by atomic mass is 15.2. The van der Waals surface area contributed by atoms with Gasteiger partial charge in [0.1, 0.15) is 5.82 Å². The van der Waals surface area contributed by atoms with Crippen LogP contribution >= 0.6 is 0 Å². The summed E-state index contributed by atoms with van der Waals surface area (Å²) in [4.78, 5) is 12.4. The molecule has 1 aromatic heterocycles. The second-order valence-corrected chi connectivity index (χ2v) is 7.75. The fraction of sp³-hybridized carbons (Fsp3) is 0.789. The van der Waals surface area contributed by atoms with Gasteiger partial charge in [0.15, 0.2) is 0 Å². The normalized spacial score (nSPS) is 27.6. The van der Waals surface area contributed by atoms with E-state index in [-0.39, 0.29) is 6.04 Å². The van der Waals surface area contributed by atoms with Crippen LogP contribution in [-0.4, -0.2) is 35.1 Å². The average molecular weight is 329 g/mol. The molecule has 0 bridgehead atoms. The van der Waals surface area contributed by atoms with Gasteiger partial charge in [-0.05, 0) is 44.9 Å². The van der Waals surface area contributed by atoms with Crippen LogP contribution in [-0.2, 0) is 12.8 Å². The summed E-state index contributed by atoms with van der Waals surface area (Å²) in [5.74, 6) is 2.03. The predicted molar refractivity (Wildman–Crippen MR) is 98.6 cm³/mol. The van der Waals surface area contributed by atoms with Crippen LogP contribution in [0.2, 0.25) is 0 Å². The Labute approximate surface area is 145 Å². The van der Waals surface area contributed by atoms with Crippen molar-refractivity contribution in [2.75, 3.05) is 23.3 Å². The highest BCUT2D eigenvalue weighted by Gasteiger charge is 2.26. The molecule has 2 fully saturated rings. The van der Waals surface area contributed by atoms with E-state index in [0.29, 0.717) is 6.04 Å². The number of nitrogens with two attached hydrogens (primary N) is 1. The summed E-state index contributed by atoms with van der Waals surface area (Å²) in [5.41, 5.74) is 9.00. The van der Waals surface area contributed by atoms with Crippen LogP contribution in [0.25, 0.3) is 0 Å². The van der Waals surface area contributed by atoms with Crippen molar-refractivity contribution >= 4 is 11.8 Å². The van der Waals surface area contributed by atoms with E-state index in [0.717, 1.165) is 44.7 Å². The lowest BCUT2D eigenvalue weighted by Gasteiger charge is -2.30. The van der Waals surface area contributed by atoms with Crippen LogP contribution in [0, 0.1) is 0 Å². The van der Waals surface area contributed by atoms with E-state index in [9.17, 15) is 0 Å². The SMILES string of the molecule is NC1CCCCC1Nc1nc2c(c(N3CCCCCC3)n1)CCC2. The van der Waals surface area contributed by atoms with Gasteiger partial charge in [-0.2, -0.15) is 4.98 Å². The third-order valence-electron chi connectivity index (χ3n) is 5.95.